The third kappa shape index (κ3) is 4.74. The second kappa shape index (κ2) is 11.5. The predicted molar refractivity (Wildman–Crippen MR) is 202 cm³/mol. The van der Waals surface area contributed by atoms with Crippen molar-refractivity contribution in [3.05, 3.63) is 175 Å². The Balaban J connectivity index is 1.05. The van der Waals surface area contributed by atoms with Gasteiger partial charge in [0.1, 0.15) is 11.9 Å². The molecule has 6 aromatic carbocycles. The van der Waals surface area contributed by atoms with Crippen LogP contribution in [0.4, 0.5) is 0 Å². The maximum absolute atomic E-state index is 6.24. The van der Waals surface area contributed by atoms with Gasteiger partial charge in [0.25, 0.3) is 0 Å². The van der Waals surface area contributed by atoms with Crippen LogP contribution in [-0.2, 0) is 0 Å². The van der Waals surface area contributed by atoms with E-state index in [2.05, 4.69) is 102 Å². The van der Waals surface area contributed by atoms with E-state index in [1.165, 1.54) is 38.6 Å². The monoisotopic (exact) mass is 642 g/mol. The lowest BCUT2D eigenvalue weighted by molar-refractivity contribution is 0.279. The summed E-state index contributed by atoms with van der Waals surface area (Å²) in [5, 5.41) is 2.45. The second-order valence-corrected chi connectivity index (χ2v) is 12.8. The topological polar surface area (TPSA) is 52.8 Å². The zero-order valence-corrected chi connectivity index (χ0v) is 27.1. The number of hydrogen-bond donors (Lipinski definition) is 0. The third-order valence-corrected chi connectivity index (χ3v) is 9.77. The van der Waals surface area contributed by atoms with Crippen LogP contribution >= 0.6 is 0 Å². The number of benzene rings is 6. The standard InChI is InChI=1S/C45H30N4O/c1-3-11-29(12-4-1)43-46-44(30-13-5-2-6-14-30)48-45(47-43)31-19-23-34(24-20-31)49-39-17-9-7-15-35(39)37-27-32(21-25-40(37)49)33-22-26-42-38(28-33)36-16-8-10-18-41(36)50-42/h1-25,27-28,42H,26H2. The van der Waals surface area contributed by atoms with Crippen LogP contribution in [0.3, 0.4) is 0 Å². The van der Waals surface area contributed by atoms with Gasteiger partial charge in [-0.1, -0.05) is 109 Å². The van der Waals surface area contributed by atoms with Crippen LogP contribution in [0.1, 0.15) is 17.5 Å². The van der Waals surface area contributed by atoms with Gasteiger partial charge in [-0.15, -0.1) is 0 Å². The van der Waals surface area contributed by atoms with Gasteiger partial charge in [0.15, 0.2) is 17.5 Å². The maximum atomic E-state index is 6.24. The van der Waals surface area contributed by atoms with Gasteiger partial charge in [-0.2, -0.15) is 0 Å². The quantitative estimate of drug-likeness (QED) is 0.187. The molecule has 2 aromatic heterocycles. The summed E-state index contributed by atoms with van der Waals surface area (Å²) in [6.45, 7) is 0. The van der Waals surface area contributed by atoms with Crippen molar-refractivity contribution in [1.82, 2.24) is 19.5 Å². The normalized spacial score (nSPS) is 14.9. The Morgan fingerprint density at radius 1 is 0.520 bits per heavy atom. The highest BCUT2D eigenvalue weighted by Gasteiger charge is 2.30. The first-order valence-electron chi connectivity index (χ1n) is 17.0. The summed E-state index contributed by atoms with van der Waals surface area (Å²) in [4.78, 5) is 14.7. The van der Waals surface area contributed by atoms with Crippen molar-refractivity contribution in [2.75, 3.05) is 0 Å². The molecule has 10 rings (SSSR count). The Labute approximate surface area is 289 Å². The van der Waals surface area contributed by atoms with Crippen LogP contribution in [-0.4, -0.2) is 25.6 Å². The van der Waals surface area contributed by atoms with E-state index in [0.717, 1.165) is 40.1 Å². The van der Waals surface area contributed by atoms with E-state index in [4.69, 9.17) is 19.7 Å². The fourth-order valence-electron chi connectivity index (χ4n) is 7.33. The fourth-order valence-corrected chi connectivity index (χ4v) is 7.33. The van der Waals surface area contributed by atoms with Crippen molar-refractivity contribution in [1.29, 1.82) is 0 Å². The highest BCUT2D eigenvalue weighted by atomic mass is 16.5. The van der Waals surface area contributed by atoms with Crippen LogP contribution in [0.2, 0.25) is 0 Å². The second-order valence-electron chi connectivity index (χ2n) is 12.8. The molecule has 2 aliphatic rings. The number of hydrogen-bond acceptors (Lipinski definition) is 4. The molecule has 3 heterocycles. The van der Waals surface area contributed by atoms with Crippen LogP contribution in [0.25, 0.3) is 72.8 Å². The highest BCUT2D eigenvalue weighted by Crippen LogP contribution is 2.43. The fraction of sp³-hybridized carbons (Fsp3) is 0.0444. The minimum atomic E-state index is 0.0946. The molecule has 1 aliphatic carbocycles. The molecule has 0 amide bonds. The molecule has 0 spiro atoms. The molecular formula is C45H30N4O. The summed E-state index contributed by atoms with van der Waals surface area (Å²) in [5.74, 6) is 2.93. The van der Waals surface area contributed by atoms with Gasteiger partial charge in [0.05, 0.1) is 11.0 Å². The van der Waals surface area contributed by atoms with Crippen molar-refractivity contribution < 1.29 is 4.74 Å². The lowest BCUT2D eigenvalue weighted by atomic mass is 9.89. The van der Waals surface area contributed by atoms with Crippen LogP contribution in [0.15, 0.2) is 164 Å². The minimum absolute atomic E-state index is 0.0946. The molecule has 5 nitrogen and oxygen atoms in total. The molecule has 1 aliphatic heterocycles. The van der Waals surface area contributed by atoms with Crippen LogP contribution in [0.5, 0.6) is 5.75 Å². The van der Waals surface area contributed by atoms with E-state index in [0.29, 0.717) is 17.5 Å². The minimum Gasteiger partial charge on any atom is -0.485 e. The Morgan fingerprint density at radius 3 is 1.82 bits per heavy atom. The Kier molecular flexibility index (Phi) is 6.56. The number of nitrogens with zero attached hydrogens (tertiary/aromatic N) is 4. The number of rotatable bonds is 5. The number of para-hydroxylation sites is 2. The van der Waals surface area contributed by atoms with Crippen LogP contribution in [0, 0.1) is 0 Å². The molecule has 0 saturated heterocycles. The molecule has 0 N–H and O–H groups in total. The molecule has 8 aromatic rings. The summed E-state index contributed by atoms with van der Waals surface area (Å²) >= 11 is 0. The Hall–Kier alpha value is -6.59. The van der Waals surface area contributed by atoms with Gasteiger partial charge in [0, 0.05) is 50.7 Å². The molecule has 50 heavy (non-hydrogen) atoms. The van der Waals surface area contributed by atoms with E-state index in [9.17, 15) is 0 Å². The zero-order chi connectivity index (χ0) is 33.0. The third-order valence-electron chi connectivity index (χ3n) is 9.77. The Bertz CT molecular complexity index is 2580. The molecular weight excluding hydrogens is 613 g/mol. The first-order valence-corrected chi connectivity index (χ1v) is 17.0. The largest absolute Gasteiger partial charge is 0.485 e. The highest BCUT2D eigenvalue weighted by molar-refractivity contribution is 6.10. The van der Waals surface area contributed by atoms with E-state index in [1.54, 1.807) is 0 Å². The van der Waals surface area contributed by atoms with Crippen LogP contribution < -0.4 is 4.74 Å². The first-order chi connectivity index (χ1) is 24.8. The number of allylic oxidation sites excluding steroid dienone is 2. The smallest absolute Gasteiger partial charge is 0.164 e. The summed E-state index contributed by atoms with van der Waals surface area (Å²) < 4.78 is 8.59. The van der Waals surface area contributed by atoms with E-state index in [1.807, 2.05) is 66.7 Å². The van der Waals surface area contributed by atoms with Gasteiger partial charge in [-0.3, -0.25) is 0 Å². The molecule has 5 heteroatoms. The van der Waals surface area contributed by atoms with Gasteiger partial charge in [-0.25, -0.2) is 15.0 Å². The van der Waals surface area contributed by atoms with Gasteiger partial charge in [0.2, 0.25) is 0 Å². The summed E-state index contributed by atoms with van der Waals surface area (Å²) in [5.41, 5.74) is 11.2. The van der Waals surface area contributed by atoms with Crippen molar-refractivity contribution in [2.45, 2.75) is 12.5 Å². The summed E-state index contributed by atoms with van der Waals surface area (Å²) in [6, 6.07) is 52.6. The molecule has 0 saturated carbocycles. The molecule has 1 unspecified atom stereocenters. The average Bonchev–Trinajstić information content (AvgIpc) is 3.73. The van der Waals surface area contributed by atoms with Gasteiger partial charge >= 0.3 is 0 Å². The molecule has 0 radical (unpaired) electrons. The molecule has 0 bridgehead atoms. The maximum Gasteiger partial charge on any atom is 0.164 e. The average molecular weight is 643 g/mol. The molecule has 236 valence electrons. The van der Waals surface area contributed by atoms with Crippen molar-refractivity contribution >= 4 is 33.0 Å². The van der Waals surface area contributed by atoms with Crippen molar-refractivity contribution in [2.24, 2.45) is 0 Å². The van der Waals surface area contributed by atoms with Crippen molar-refractivity contribution in [3.8, 4) is 45.6 Å². The summed E-state index contributed by atoms with van der Waals surface area (Å²) in [6.07, 6.45) is 5.58. The SMILES string of the molecule is C1=C(c2ccc3c(c2)c2ccccc2n3-c2ccc(-c3nc(-c4ccccc4)nc(-c4ccccc4)n3)cc2)C=C2c3ccccc3OC2C1. The first kappa shape index (κ1) is 28.4. The van der Waals surface area contributed by atoms with Gasteiger partial charge in [-0.05, 0) is 65.7 Å². The van der Waals surface area contributed by atoms with E-state index in [-0.39, 0.29) is 6.10 Å². The molecule has 1 atom stereocenters. The Morgan fingerprint density at radius 2 is 1.10 bits per heavy atom. The van der Waals surface area contributed by atoms with E-state index >= 15 is 0 Å². The van der Waals surface area contributed by atoms with E-state index < -0.39 is 0 Å². The number of ether oxygens (including phenoxy) is 1. The predicted octanol–water partition coefficient (Wildman–Crippen LogP) is 10.6. The number of fused-ring (bicyclic) bond motifs is 6. The lowest BCUT2D eigenvalue weighted by Gasteiger charge is -2.17. The number of aromatic nitrogens is 4. The zero-order valence-electron chi connectivity index (χ0n) is 27.1. The summed E-state index contributed by atoms with van der Waals surface area (Å²) in [7, 11) is 0. The van der Waals surface area contributed by atoms with Gasteiger partial charge < -0.3 is 9.30 Å². The van der Waals surface area contributed by atoms with Crippen molar-refractivity contribution in [3.63, 3.8) is 0 Å². The molecule has 0 fully saturated rings. The lowest BCUT2D eigenvalue weighted by Crippen LogP contribution is -2.13.